The summed E-state index contributed by atoms with van der Waals surface area (Å²) in [6, 6.07) is 15.1. The van der Waals surface area contributed by atoms with E-state index >= 15 is 0 Å². The van der Waals surface area contributed by atoms with Crippen molar-refractivity contribution in [3.63, 3.8) is 0 Å². The van der Waals surface area contributed by atoms with Crippen molar-refractivity contribution in [1.29, 1.82) is 0 Å². The van der Waals surface area contributed by atoms with Crippen LogP contribution in [0.1, 0.15) is 36.3 Å². The Morgan fingerprint density at radius 2 is 1.64 bits per heavy atom. The van der Waals surface area contributed by atoms with Crippen LogP contribution in [0.25, 0.3) is 11.1 Å². The number of hydrogen-bond acceptors (Lipinski definition) is 5. The van der Waals surface area contributed by atoms with Crippen molar-refractivity contribution in [2.75, 3.05) is 33.9 Å². The summed E-state index contributed by atoms with van der Waals surface area (Å²) in [6.45, 7) is 0.542. The van der Waals surface area contributed by atoms with Gasteiger partial charge in [0.1, 0.15) is 19.3 Å². The lowest BCUT2D eigenvalue weighted by Gasteiger charge is -2.25. The summed E-state index contributed by atoms with van der Waals surface area (Å²) in [5.41, 5.74) is 4.45. The van der Waals surface area contributed by atoms with E-state index in [1.165, 1.54) is 14.2 Å². The van der Waals surface area contributed by atoms with Crippen molar-refractivity contribution >= 4 is 18.0 Å². The Bertz CT molecular complexity index is 947. The monoisotopic (exact) mass is 454 g/mol. The topological polar surface area (TPSA) is 105 Å². The molecule has 0 saturated heterocycles. The fourth-order valence-electron chi connectivity index (χ4n) is 4.18. The van der Waals surface area contributed by atoms with Gasteiger partial charge in [0.2, 0.25) is 5.91 Å². The number of hydrogen-bond donors (Lipinski definition) is 2. The Morgan fingerprint density at radius 1 is 1.03 bits per heavy atom. The van der Waals surface area contributed by atoms with E-state index in [2.05, 4.69) is 17.4 Å². The van der Waals surface area contributed by atoms with Crippen LogP contribution in [-0.2, 0) is 19.1 Å². The SMILES string of the molecule is COCC(=O)NCCCC[C@@H](C(=O)O)N(C)C(=O)OCC1c2ccccc2-c2ccccc21. The lowest BCUT2D eigenvalue weighted by Crippen LogP contribution is -2.43. The molecular weight excluding hydrogens is 424 g/mol. The number of nitrogens with zero attached hydrogens (tertiary/aromatic N) is 1. The smallest absolute Gasteiger partial charge is 0.410 e. The van der Waals surface area contributed by atoms with E-state index in [4.69, 9.17) is 9.47 Å². The van der Waals surface area contributed by atoms with Crippen LogP contribution >= 0.6 is 0 Å². The number of fused-ring (bicyclic) bond motifs is 3. The van der Waals surface area contributed by atoms with Gasteiger partial charge in [-0.2, -0.15) is 0 Å². The van der Waals surface area contributed by atoms with Crippen molar-refractivity contribution < 1.29 is 29.0 Å². The highest BCUT2D eigenvalue weighted by Gasteiger charge is 2.31. The van der Waals surface area contributed by atoms with Gasteiger partial charge in [-0.15, -0.1) is 0 Å². The molecule has 1 aliphatic rings. The minimum Gasteiger partial charge on any atom is -0.480 e. The molecule has 0 bridgehead atoms. The number of unbranched alkanes of at least 4 members (excludes halogenated alkanes) is 1. The standard InChI is InChI=1S/C25H30N2O6/c1-27(22(24(29)30)13-7-8-14-26-23(28)16-32-2)25(31)33-15-21-19-11-5-3-9-17(19)18-10-4-6-12-20(18)21/h3-6,9-12,21-22H,7-8,13-16H2,1-2H3,(H,26,28)(H,29,30)/t22-/m0/s1. The van der Waals surface area contributed by atoms with Crippen LogP contribution in [0.15, 0.2) is 48.5 Å². The van der Waals surface area contributed by atoms with Crippen molar-refractivity contribution in [2.24, 2.45) is 0 Å². The summed E-state index contributed by atoms with van der Waals surface area (Å²) in [7, 11) is 2.88. The molecule has 8 heteroatoms. The first-order valence-corrected chi connectivity index (χ1v) is 11.0. The van der Waals surface area contributed by atoms with Crippen molar-refractivity contribution in [1.82, 2.24) is 10.2 Å². The average molecular weight is 455 g/mol. The molecule has 2 amide bonds. The van der Waals surface area contributed by atoms with Crippen molar-refractivity contribution in [2.45, 2.75) is 31.2 Å². The summed E-state index contributed by atoms with van der Waals surface area (Å²) in [5.74, 6) is -1.40. The maximum absolute atomic E-state index is 12.7. The predicted octanol–water partition coefficient (Wildman–Crippen LogP) is 3.25. The number of methoxy groups -OCH3 is 1. The number of carboxylic acid groups (broad SMARTS) is 1. The number of likely N-dealkylation sites (N-methyl/N-ethyl adjacent to an activating group) is 1. The number of carbonyl (C=O) groups is 3. The Kier molecular flexibility index (Phi) is 8.43. The molecule has 0 heterocycles. The van der Waals surface area contributed by atoms with Crippen LogP contribution < -0.4 is 5.32 Å². The maximum Gasteiger partial charge on any atom is 0.410 e. The van der Waals surface area contributed by atoms with E-state index in [1.807, 2.05) is 36.4 Å². The van der Waals surface area contributed by atoms with Crippen LogP contribution in [-0.4, -0.2) is 67.9 Å². The van der Waals surface area contributed by atoms with Gasteiger partial charge < -0.3 is 19.9 Å². The molecule has 1 atom stereocenters. The zero-order chi connectivity index (χ0) is 23.8. The highest BCUT2D eigenvalue weighted by molar-refractivity contribution is 5.81. The summed E-state index contributed by atoms with van der Waals surface area (Å²) in [4.78, 5) is 37.0. The molecule has 33 heavy (non-hydrogen) atoms. The molecule has 2 aromatic carbocycles. The van der Waals surface area contributed by atoms with Gasteiger partial charge in [0.15, 0.2) is 0 Å². The average Bonchev–Trinajstić information content (AvgIpc) is 3.13. The highest BCUT2D eigenvalue weighted by atomic mass is 16.6. The van der Waals surface area contributed by atoms with Gasteiger partial charge in [0.25, 0.3) is 0 Å². The molecule has 1 aliphatic carbocycles. The fraction of sp³-hybridized carbons (Fsp3) is 0.400. The third-order valence-corrected chi connectivity index (χ3v) is 5.88. The Hall–Kier alpha value is -3.39. The van der Waals surface area contributed by atoms with Crippen LogP contribution in [0, 0.1) is 0 Å². The number of benzene rings is 2. The van der Waals surface area contributed by atoms with Gasteiger partial charge in [-0.1, -0.05) is 48.5 Å². The molecule has 3 rings (SSSR count). The largest absolute Gasteiger partial charge is 0.480 e. The highest BCUT2D eigenvalue weighted by Crippen LogP contribution is 2.44. The van der Waals surface area contributed by atoms with Crippen LogP contribution in [0.4, 0.5) is 4.79 Å². The Morgan fingerprint density at radius 3 is 2.21 bits per heavy atom. The number of amides is 2. The minimum atomic E-state index is -1.09. The van der Waals surface area contributed by atoms with Crippen molar-refractivity contribution in [3.8, 4) is 11.1 Å². The Labute approximate surface area is 193 Å². The zero-order valence-corrected chi connectivity index (χ0v) is 19.0. The van der Waals surface area contributed by atoms with Crippen LogP contribution in [0.2, 0.25) is 0 Å². The second-order valence-electron chi connectivity index (χ2n) is 8.05. The molecule has 0 aromatic heterocycles. The van der Waals surface area contributed by atoms with Gasteiger partial charge in [-0.25, -0.2) is 9.59 Å². The fourth-order valence-corrected chi connectivity index (χ4v) is 4.18. The van der Waals surface area contributed by atoms with Gasteiger partial charge in [-0.3, -0.25) is 9.69 Å². The number of nitrogens with one attached hydrogen (secondary N) is 1. The molecule has 0 spiro atoms. The number of ether oxygens (including phenoxy) is 2. The summed E-state index contributed by atoms with van der Waals surface area (Å²) in [5, 5.41) is 12.3. The van der Waals surface area contributed by atoms with E-state index in [0.717, 1.165) is 27.2 Å². The number of carbonyl (C=O) groups excluding carboxylic acids is 2. The van der Waals surface area contributed by atoms with E-state index in [1.54, 1.807) is 0 Å². The molecule has 8 nitrogen and oxygen atoms in total. The second kappa shape index (κ2) is 11.5. The first-order valence-electron chi connectivity index (χ1n) is 11.0. The van der Waals surface area contributed by atoms with Crippen LogP contribution in [0.5, 0.6) is 0 Å². The molecule has 0 aliphatic heterocycles. The molecule has 176 valence electrons. The molecule has 2 aromatic rings. The van der Waals surface area contributed by atoms with E-state index in [-0.39, 0.29) is 31.5 Å². The third-order valence-electron chi connectivity index (χ3n) is 5.88. The van der Waals surface area contributed by atoms with Crippen LogP contribution in [0.3, 0.4) is 0 Å². The number of aliphatic carboxylic acids is 1. The third kappa shape index (κ3) is 5.90. The molecule has 2 N–H and O–H groups in total. The summed E-state index contributed by atoms with van der Waals surface area (Å²) < 4.78 is 10.3. The molecule has 0 unspecified atom stereocenters. The minimum absolute atomic E-state index is 0.0116. The maximum atomic E-state index is 12.7. The van der Waals surface area contributed by atoms with Gasteiger partial charge >= 0.3 is 12.1 Å². The summed E-state index contributed by atoms with van der Waals surface area (Å²) >= 11 is 0. The first kappa shape index (κ1) is 24.3. The van der Waals surface area contributed by atoms with Gasteiger partial charge in [-0.05, 0) is 41.5 Å². The zero-order valence-electron chi connectivity index (χ0n) is 19.0. The number of rotatable bonds is 11. The predicted molar refractivity (Wildman–Crippen MR) is 123 cm³/mol. The summed E-state index contributed by atoms with van der Waals surface area (Å²) in [6.07, 6.45) is 0.719. The van der Waals surface area contributed by atoms with Gasteiger partial charge in [0, 0.05) is 26.6 Å². The van der Waals surface area contributed by atoms with E-state index in [9.17, 15) is 19.5 Å². The number of carboxylic acids is 1. The quantitative estimate of drug-likeness (QED) is 0.505. The molecule has 0 fully saturated rings. The van der Waals surface area contributed by atoms with E-state index < -0.39 is 18.1 Å². The lowest BCUT2D eigenvalue weighted by molar-refractivity contribution is -0.142. The first-order chi connectivity index (χ1) is 15.9. The second-order valence-corrected chi connectivity index (χ2v) is 8.05. The van der Waals surface area contributed by atoms with Crippen molar-refractivity contribution in [3.05, 3.63) is 59.7 Å². The van der Waals surface area contributed by atoms with Gasteiger partial charge in [0.05, 0.1) is 0 Å². The molecule has 0 radical (unpaired) electrons. The molecule has 0 saturated carbocycles. The van der Waals surface area contributed by atoms with E-state index in [0.29, 0.717) is 19.4 Å². The lowest BCUT2D eigenvalue weighted by atomic mass is 9.98. The Balaban J connectivity index is 1.54. The molecular formula is C25H30N2O6. The normalized spacial score (nSPS) is 13.0.